The highest BCUT2D eigenvalue weighted by Crippen LogP contribution is 2.28. The third kappa shape index (κ3) is 3.48. The molecule has 2 rings (SSSR count). The fourth-order valence-corrected chi connectivity index (χ4v) is 2.60. The Hall–Kier alpha value is -1.03. The summed E-state index contributed by atoms with van der Waals surface area (Å²) in [5.74, 6) is 0.827. The molecule has 1 atom stereocenters. The normalized spacial score (nSPS) is 12.4. The summed E-state index contributed by atoms with van der Waals surface area (Å²) in [6.45, 7) is 2.54. The van der Waals surface area contributed by atoms with E-state index in [9.17, 15) is 0 Å². The van der Waals surface area contributed by atoms with Gasteiger partial charge in [0.05, 0.1) is 0 Å². The van der Waals surface area contributed by atoms with Crippen LogP contribution in [0.2, 0.25) is 5.02 Å². The molecule has 2 N–H and O–H groups in total. The second-order valence-corrected chi connectivity index (χ2v) is 5.71. The molecule has 1 heterocycles. The SMILES string of the molecule is CC(N)Cc1c(Cl)cccc1OCc1cccs1. The van der Waals surface area contributed by atoms with Gasteiger partial charge < -0.3 is 10.5 Å². The Balaban J connectivity index is 2.13. The molecule has 0 fully saturated rings. The van der Waals surface area contributed by atoms with Gasteiger partial charge in [0.15, 0.2) is 0 Å². The highest BCUT2D eigenvalue weighted by atomic mass is 35.5. The molecule has 0 saturated carbocycles. The van der Waals surface area contributed by atoms with E-state index in [2.05, 4.69) is 6.07 Å². The van der Waals surface area contributed by atoms with Crippen molar-refractivity contribution in [3.63, 3.8) is 0 Å². The zero-order chi connectivity index (χ0) is 13.0. The summed E-state index contributed by atoms with van der Waals surface area (Å²) in [7, 11) is 0. The zero-order valence-corrected chi connectivity index (χ0v) is 11.8. The van der Waals surface area contributed by atoms with Crippen LogP contribution in [0.3, 0.4) is 0 Å². The summed E-state index contributed by atoms with van der Waals surface area (Å²) in [5.41, 5.74) is 6.83. The fraction of sp³-hybridized carbons (Fsp3) is 0.286. The van der Waals surface area contributed by atoms with Gasteiger partial charge in [-0.05, 0) is 36.9 Å². The number of nitrogens with two attached hydrogens (primary N) is 1. The van der Waals surface area contributed by atoms with Crippen LogP contribution >= 0.6 is 22.9 Å². The van der Waals surface area contributed by atoms with Crippen LogP contribution in [0.4, 0.5) is 0 Å². The van der Waals surface area contributed by atoms with Gasteiger partial charge in [-0.2, -0.15) is 0 Å². The van der Waals surface area contributed by atoms with Crippen molar-refractivity contribution in [2.24, 2.45) is 5.73 Å². The Morgan fingerprint density at radius 2 is 2.17 bits per heavy atom. The molecule has 96 valence electrons. The smallest absolute Gasteiger partial charge is 0.124 e. The van der Waals surface area contributed by atoms with Crippen molar-refractivity contribution in [2.75, 3.05) is 0 Å². The van der Waals surface area contributed by atoms with Crippen molar-refractivity contribution in [1.29, 1.82) is 0 Å². The maximum absolute atomic E-state index is 6.20. The van der Waals surface area contributed by atoms with E-state index in [4.69, 9.17) is 22.1 Å². The summed E-state index contributed by atoms with van der Waals surface area (Å²) in [5, 5.41) is 2.76. The molecule has 2 aromatic rings. The highest BCUT2D eigenvalue weighted by Gasteiger charge is 2.10. The highest BCUT2D eigenvalue weighted by molar-refractivity contribution is 7.09. The summed E-state index contributed by atoms with van der Waals surface area (Å²) in [6, 6.07) is 9.85. The number of rotatable bonds is 5. The van der Waals surface area contributed by atoms with Crippen molar-refractivity contribution in [3.8, 4) is 5.75 Å². The molecule has 0 radical (unpaired) electrons. The van der Waals surface area contributed by atoms with Crippen molar-refractivity contribution >= 4 is 22.9 Å². The van der Waals surface area contributed by atoms with Crippen molar-refractivity contribution < 1.29 is 4.74 Å². The second-order valence-electron chi connectivity index (χ2n) is 4.27. The Morgan fingerprint density at radius 1 is 1.33 bits per heavy atom. The number of benzene rings is 1. The van der Waals surface area contributed by atoms with Gasteiger partial charge in [0, 0.05) is 21.5 Å². The summed E-state index contributed by atoms with van der Waals surface area (Å²) in [4.78, 5) is 1.20. The molecule has 0 aliphatic rings. The molecule has 0 saturated heterocycles. The number of halogens is 1. The number of thiophene rings is 1. The van der Waals surface area contributed by atoms with Gasteiger partial charge in [-0.15, -0.1) is 11.3 Å². The Morgan fingerprint density at radius 3 is 2.83 bits per heavy atom. The molecular weight excluding hydrogens is 266 g/mol. The molecule has 0 aliphatic carbocycles. The molecule has 4 heteroatoms. The van der Waals surface area contributed by atoms with Crippen LogP contribution in [0.1, 0.15) is 17.4 Å². The largest absolute Gasteiger partial charge is 0.488 e. The van der Waals surface area contributed by atoms with Crippen LogP contribution in [0.5, 0.6) is 5.75 Å². The topological polar surface area (TPSA) is 35.2 Å². The summed E-state index contributed by atoms with van der Waals surface area (Å²) >= 11 is 7.88. The second kappa shape index (κ2) is 6.23. The first-order valence-corrected chi connectivity index (χ1v) is 7.10. The van der Waals surface area contributed by atoms with Crippen LogP contribution < -0.4 is 10.5 Å². The molecule has 1 unspecified atom stereocenters. The number of hydrogen-bond donors (Lipinski definition) is 1. The standard InChI is InChI=1S/C14H16ClNOS/c1-10(16)8-12-13(15)5-2-6-14(12)17-9-11-4-3-7-18-11/h2-7,10H,8-9,16H2,1H3. The molecule has 1 aromatic heterocycles. The first-order valence-electron chi connectivity index (χ1n) is 5.85. The van der Waals surface area contributed by atoms with E-state index in [1.165, 1.54) is 4.88 Å². The monoisotopic (exact) mass is 281 g/mol. The molecule has 2 nitrogen and oxygen atoms in total. The molecule has 0 amide bonds. The van der Waals surface area contributed by atoms with E-state index in [0.717, 1.165) is 22.8 Å². The van der Waals surface area contributed by atoms with Crippen molar-refractivity contribution in [3.05, 3.63) is 51.2 Å². The lowest BCUT2D eigenvalue weighted by molar-refractivity contribution is 0.306. The predicted octanol–water partition coefficient (Wildman–Crippen LogP) is 3.87. The van der Waals surface area contributed by atoms with Crippen LogP contribution in [-0.4, -0.2) is 6.04 Å². The maximum Gasteiger partial charge on any atom is 0.124 e. The van der Waals surface area contributed by atoms with Gasteiger partial charge in [-0.3, -0.25) is 0 Å². The minimum absolute atomic E-state index is 0.0639. The predicted molar refractivity (Wildman–Crippen MR) is 77.5 cm³/mol. The third-order valence-electron chi connectivity index (χ3n) is 2.55. The van der Waals surface area contributed by atoms with Crippen LogP contribution in [-0.2, 0) is 13.0 Å². The molecule has 0 bridgehead atoms. The fourth-order valence-electron chi connectivity index (χ4n) is 1.74. The van der Waals surface area contributed by atoms with Crippen LogP contribution in [0.15, 0.2) is 35.7 Å². The summed E-state index contributed by atoms with van der Waals surface area (Å²) in [6.07, 6.45) is 0.722. The van der Waals surface area contributed by atoms with Crippen molar-refractivity contribution in [1.82, 2.24) is 0 Å². The molecule has 18 heavy (non-hydrogen) atoms. The van der Waals surface area contributed by atoms with E-state index in [-0.39, 0.29) is 6.04 Å². The number of hydrogen-bond acceptors (Lipinski definition) is 3. The lowest BCUT2D eigenvalue weighted by Gasteiger charge is -2.14. The van der Waals surface area contributed by atoms with Gasteiger partial charge >= 0.3 is 0 Å². The first kappa shape index (κ1) is 13.4. The Bertz CT molecular complexity index is 497. The summed E-state index contributed by atoms with van der Waals surface area (Å²) < 4.78 is 5.83. The molecule has 1 aromatic carbocycles. The van der Waals surface area contributed by atoms with Gasteiger partial charge in [0.2, 0.25) is 0 Å². The van der Waals surface area contributed by atoms with Crippen molar-refractivity contribution in [2.45, 2.75) is 26.0 Å². The van der Waals surface area contributed by atoms with Gasteiger partial charge in [0.25, 0.3) is 0 Å². The average Bonchev–Trinajstić information content (AvgIpc) is 2.82. The van der Waals surface area contributed by atoms with Gasteiger partial charge in [-0.25, -0.2) is 0 Å². The molecule has 0 spiro atoms. The Labute approximate surface area is 116 Å². The maximum atomic E-state index is 6.20. The minimum atomic E-state index is 0.0639. The van der Waals surface area contributed by atoms with E-state index in [1.807, 2.05) is 36.6 Å². The first-order chi connectivity index (χ1) is 8.66. The lowest BCUT2D eigenvalue weighted by atomic mass is 10.1. The van der Waals surface area contributed by atoms with E-state index < -0.39 is 0 Å². The van der Waals surface area contributed by atoms with Crippen LogP contribution in [0.25, 0.3) is 0 Å². The average molecular weight is 282 g/mol. The van der Waals surface area contributed by atoms with E-state index >= 15 is 0 Å². The lowest BCUT2D eigenvalue weighted by Crippen LogP contribution is -2.18. The molecule has 0 aliphatic heterocycles. The van der Waals surface area contributed by atoms with Gasteiger partial charge in [0.1, 0.15) is 12.4 Å². The third-order valence-corrected chi connectivity index (χ3v) is 3.76. The van der Waals surface area contributed by atoms with E-state index in [1.54, 1.807) is 11.3 Å². The minimum Gasteiger partial charge on any atom is -0.488 e. The number of ether oxygens (including phenoxy) is 1. The zero-order valence-electron chi connectivity index (χ0n) is 10.2. The van der Waals surface area contributed by atoms with E-state index in [0.29, 0.717) is 6.61 Å². The van der Waals surface area contributed by atoms with Gasteiger partial charge in [-0.1, -0.05) is 23.7 Å². The quantitative estimate of drug-likeness (QED) is 0.903. The Kier molecular flexibility index (Phi) is 4.64. The molecular formula is C14H16ClNOS. The van der Waals surface area contributed by atoms with Crippen LogP contribution in [0, 0.1) is 0 Å².